The quantitative estimate of drug-likeness (QED) is 0.210. The molecule has 0 fully saturated rings. The lowest BCUT2D eigenvalue weighted by atomic mass is 9.88. The van der Waals surface area contributed by atoms with Gasteiger partial charge in [-0.1, -0.05) is 109 Å². The van der Waals surface area contributed by atoms with Crippen LogP contribution >= 0.6 is 11.3 Å². The Morgan fingerprint density at radius 2 is 1.08 bits per heavy atom. The van der Waals surface area contributed by atoms with Crippen LogP contribution in [-0.2, 0) is 0 Å². The van der Waals surface area contributed by atoms with Gasteiger partial charge >= 0.3 is 0 Å². The zero-order valence-corrected chi connectivity index (χ0v) is 21.8. The third-order valence-electron chi connectivity index (χ3n) is 8.27. The van der Waals surface area contributed by atoms with Crippen LogP contribution < -0.4 is 0 Å². The number of benzene rings is 6. The molecule has 9 rings (SSSR count). The van der Waals surface area contributed by atoms with Crippen LogP contribution in [0.5, 0.6) is 0 Å². The molecule has 0 aliphatic heterocycles. The minimum Gasteiger partial charge on any atom is -0.256 e. The lowest BCUT2D eigenvalue weighted by molar-refractivity contribution is 1.35. The maximum atomic E-state index is 4.84. The van der Waals surface area contributed by atoms with Gasteiger partial charge in [-0.25, -0.2) is 0 Å². The largest absolute Gasteiger partial charge is 0.256 e. The van der Waals surface area contributed by atoms with E-state index in [2.05, 4.69) is 115 Å². The van der Waals surface area contributed by atoms with E-state index in [0.29, 0.717) is 0 Å². The van der Waals surface area contributed by atoms with Gasteiger partial charge in [-0.15, -0.1) is 11.3 Å². The molecule has 8 aromatic rings. The molecule has 0 radical (unpaired) electrons. The highest BCUT2D eigenvalue weighted by Crippen LogP contribution is 2.52. The fourth-order valence-electron chi connectivity index (χ4n) is 6.62. The van der Waals surface area contributed by atoms with Gasteiger partial charge in [-0.2, -0.15) is 0 Å². The molecule has 0 atom stereocenters. The third kappa shape index (κ3) is 2.87. The van der Waals surface area contributed by atoms with Crippen LogP contribution in [0, 0.1) is 0 Å². The summed E-state index contributed by atoms with van der Waals surface area (Å²) in [5, 5.41) is 7.83. The van der Waals surface area contributed by atoms with E-state index >= 15 is 0 Å². The van der Waals surface area contributed by atoms with Gasteiger partial charge in [-0.3, -0.25) is 4.98 Å². The van der Waals surface area contributed by atoms with Gasteiger partial charge < -0.3 is 0 Å². The van der Waals surface area contributed by atoms with Crippen LogP contribution in [0.4, 0.5) is 0 Å². The summed E-state index contributed by atoms with van der Waals surface area (Å²) in [6, 6.07) is 44.4. The van der Waals surface area contributed by atoms with Gasteiger partial charge in [0.15, 0.2) is 0 Å². The van der Waals surface area contributed by atoms with E-state index in [4.69, 9.17) is 4.98 Å². The van der Waals surface area contributed by atoms with Gasteiger partial charge in [0, 0.05) is 42.9 Å². The van der Waals surface area contributed by atoms with Crippen LogP contribution in [-0.4, -0.2) is 4.98 Å². The third-order valence-corrected chi connectivity index (χ3v) is 9.49. The van der Waals surface area contributed by atoms with Crippen molar-refractivity contribution in [3.63, 3.8) is 0 Å². The second-order valence-corrected chi connectivity index (χ2v) is 11.3. The average molecular weight is 512 g/mol. The Bertz CT molecular complexity index is 2270. The minimum atomic E-state index is 1.10. The summed E-state index contributed by atoms with van der Waals surface area (Å²) in [6.07, 6.45) is 1.91. The number of rotatable bonds is 2. The Hall–Kier alpha value is -4.79. The van der Waals surface area contributed by atoms with Crippen molar-refractivity contribution in [3.05, 3.63) is 128 Å². The number of hydrogen-bond acceptors (Lipinski definition) is 2. The average Bonchev–Trinajstić information content (AvgIpc) is 3.55. The number of thiophene rings is 1. The molecule has 0 amide bonds. The molecule has 1 nitrogen and oxygen atoms in total. The lowest BCUT2D eigenvalue weighted by Crippen LogP contribution is -1.89. The molecule has 0 N–H and O–H groups in total. The molecule has 2 aromatic heterocycles. The molecular weight excluding hydrogens is 490 g/mol. The fourth-order valence-corrected chi connectivity index (χ4v) is 7.86. The van der Waals surface area contributed by atoms with E-state index in [0.717, 1.165) is 5.69 Å². The van der Waals surface area contributed by atoms with E-state index in [1.165, 1.54) is 80.7 Å². The molecule has 0 saturated heterocycles. The van der Waals surface area contributed by atoms with Crippen LogP contribution in [0.15, 0.2) is 128 Å². The topological polar surface area (TPSA) is 12.9 Å². The zero-order chi connectivity index (χ0) is 25.5. The predicted molar refractivity (Wildman–Crippen MR) is 167 cm³/mol. The van der Waals surface area contributed by atoms with Crippen molar-refractivity contribution in [1.82, 2.24) is 4.98 Å². The second kappa shape index (κ2) is 7.86. The first-order valence-electron chi connectivity index (χ1n) is 13.3. The normalized spacial score (nSPS) is 12.1. The van der Waals surface area contributed by atoms with Crippen molar-refractivity contribution in [2.75, 3.05) is 0 Å². The summed E-state index contributed by atoms with van der Waals surface area (Å²) < 4.78 is 2.69. The van der Waals surface area contributed by atoms with Gasteiger partial charge in [0.1, 0.15) is 0 Å². The van der Waals surface area contributed by atoms with E-state index in [-0.39, 0.29) is 0 Å². The van der Waals surface area contributed by atoms with Crippen LogP contribution in [0.25, 0.3) is 86.4 Å². The Morgan fingerprint density at radius 1 is 0.436 bits per heavy atom. The molecule has 1 aliphatic carbocycles. The first kappa shape index (κ1) is 21.2. The number of aromatic nitrogens is 1. The van der Waals surface area contributed by atoms with Crippen molar-refractivity contribution in [3.8, 4) is 44.6 Å². The number of hydrogen-bond donors (Lipinski definition) is 0. The molecule has 0 spiro atoms. The molecule has 1 aliphatic rings. The van der Waals surface area contributed by atoms with Crippen molar-refractivity contribution in [1.29, 1.82) is 0 Å². The Labute approximate surface area is 229 Å². The summed E-state index contributed by atoms with van der Waals surface area (Å²) >= 11 is 1.89. The molecule has 6 aromatic carbocycles. The molecule has 2 heterocycles. The summed E-state index contributed by atoms with van der Waals surface area (Å²) in [4.78, 5) is 4.84. The summed E-state index contributed by atoms with van der Waals surface area (Å²) in [5.74, 6) is 0. The fraction of sp³-hybridized carbons (Fsp3) is 0. The maximum Gasteiger partial charge on any atom is 0.0793 e. The van der Waals surface area contributed by atoms with Gasteiger partial charge in [-0.05, 0) is 56.1 Å². The van der Waals surface area contributed by atoms with Crippen molar-refractivity contribution < 1.29 is 0 Å². The van der Waals surface area contributed by atoms with Crippen LogP contribution in [0.2, 0.25) is 0 Å². The van der Waals surface area contributed by atoms with E-state index in [1.807, 2.05) is 23.6 Å². The monoisotopic (exact) mass is 511 g/mol. The van der Waals surface area contributed by atoms with Crippen molar-refractivity contribution in [2.45, 2.75) is 0 Å². The van der Waals surface area contributed by atoms with Crippen LogP contribution in [0.3, 0.4) is 0 Å². The molecule has 0 unspecified atom stereocenters. The number of nitrogens with zero attached hydrogens (tertiary/aromatic N) is 1. The SMILES string of the molecule is c1cnc2c(c1)-c1cccc3c(-c4ccc(-c5cccc6c5sc5ccccc56)cc4)c4ccccc4c-2c13. The summed E-state index contributed by atoms with van der Waals surface area (Å²) in [7, 11) is 0. The molecule has 180 valence electrons. The summed E-state index contributed by atoms with van der Waals surface area (Å²) in [6.45, 7) is 0. The number of fused-ring (bicyclic) bond motifs is 8. The molecule has 0 saturated carbocycles. The van der Waals surface area contributed by atoms with Crippen LogP contribution in [0.1, 0.15) is 0 Å². The second-order valence-electron chi connectivity index (χ2n) is 10.3. The van der Waals surface area contributed by atoms with E-state index < -0.39 is 0 Å². The predicted octanol–water partition coefficient (Wildman–Crippen LogP) is 10.7. The maximum absolute atomic E-state index is 4.84. The van der Waals surface area contributed by atoms with Crippen molar-refractivity contribution >= 4 is 53.1 Å². The highest BCUT2D eigenvalue weighted by atomic mass is 32.1. The highest BCUT2D eigenvalue weighted by Gasteiger charge is 2.26. The Morgan fingerprint density at radius 3 is 1.92 bits per heavy atom. The first-order chi connectivity index (χ1) is 19.4. The van der Waals surface area contributed by atoms with Gasteiger partial charge in [0.05, 0.1) is 5.69 Å². The first-order valence-corrected chi connectivity index (χ1v) is 14.1. The zero-order valence-electron chi connectivity index (χ0n) is 21.0. The smallest absolute Gasteiger partial charge is 0.0793 e. The summed E-state index contributed by atoms with van der Waals surface area (Å²) in [5.41, 5.74) is 9.96. The van der Waals surface area contributed by atoms with E-state index in [1.54, 1.807) is 0 Å². The van der Waals surface area contributed by atoms with E-state index in [9.17, 15) is 0 Å². The van der Waals surface area contributed by atoms with Gasteiger partial charge in [0.2, 0.25) is 0 Å². The highest BCUT2D eigenvalue weighted by molar-refractivity contribution is 7.26. The van der Waals surface area contributed by atoms with Gasteiger partial charge in [0.25, 0.3) is 0 Å². The molecule has 0 bridgehead atoms. The molecular formula is C37H21NS. The standard InChI is InChI=1S/C37H21NS/c1-2-10-27-26(9-1)33(31-14-6-12-28-29-15-7-21-38-36(29)35(27)34(28)31)23-19-17-22(18-20-23)24-11-5-13-30-25-8-3-4-16-32(25)39-37(24)30/h1-21H. The Balaban J connectivity index is 1.28. The molecule has 2 heteroatoms. The molecule has 39 heavy (non-hydrogen) atoms. The van der Waals surface area contributed by atoms with Crippen molar-refractivity contribution in [2.24, 2.45) is 0 Å². The number of pyridine rings is 1. The minimum absolute atomic E-state index is 1.10. The Kier molecular flexibility index (Phi) is 4.27. The lowest BCUT2D eigenvalue weighted by Gasteiger charge is -2.15.